The number of ether oxygens (including phenoxy) is 2. The Hall–Kier alpha value is -1.14. The number of aromatic hydroxyl groups is 1. The van der Waals surface area contributed by atoms with Crippen LogP contribution in [0.2, 0.25) is 0 Å². The molecule has 1 unspecified atom stereocenters. The average Bonchev–Trinajstić information content (AvgIpc) is 2.73. The minimum atomic E-state index is 0.301. The van der Waals surface area contributed by atoms with Crippen molar-refractivity contribution in [3.05, 3.63) is 29.8 Å². The number of nitrogens with zero attached hydrogens (tertiary/aromatic N) is 2. The lowest BCUT2D eigenvalue weighted by molar-refractivity contribution is -0.204. The fourth-order valence-corrected chi connectivity index (χ4v) is 5.62. The maximum atomic E-state index is 9.47. The van der Waals surface area contributed by atoms with Gasteiger partial charge in [-0.25, -0.2) is 0 Å². The second kappa shape index (κ2) is 9.12. The van der Waals surface area contributed by atoms with E-state index in [1.54, 1.807) is 19.2 Å². The Balaban J connectivity index is 1.31. The molecule has 1 spiro atoms. The Morgan fingerprint density at radius 2 is 1.75 bits per heavy atom. The largest absolute Gasteiger partial charge is 0.508 e. The quantitative estimate of drug-likeness (QED) is 0.726. The van der Waals surface area contributed by atoms with Crippen LogP contribution >= 0.6 is 0 Å². The topological polar surface area (TPSA) is 45.2 Å². The predicted octanol–water partition coefficient (Wildman–Crippen LogP) is 3.41. The highest BCUT2D eigenvalue weighted by Gasteiger charge is 2.56. The van der Waals surface area contributed by atoms with Crippen LogP contribution in [0.5, 0.6) is 5.75 Å². The summed E-state index contributed by atoms with van der Waals surface area (Å²) in [7, 11) is 1.75. The Kier molecular flexibility index (Phi) is 6.56. The van der Waals surface area contributed by atoms with Gasteiger partial charge in [0.15, 0.2) is 0 Å². The van der Waals surface area contributed by atoms with Crippen molar-refractivity contribution in [1.82, 2.24) is 9.80 Å². The molecule has 5 nitrogen and oxygen atoms in total. The lowest BCUT2D eigenvalue weighted by Gasteiger charge is -2.63. The number of rotatable bonds is 7. The highest BCUT2D eigenvalue weighted by atomic mass is 16.5. The van der Waals surface area contributed by atoms with E-state index in [-0.39, 0.29) is 0 Å². The number of likely N-dealkylation sites (tertiary alicyclic amines) is 2. The van der Waals surface area contributed by atoms with Gasteiger partial charge in [0.25, 0.3) is 0 Å². The van der Waals surface area contributed by atoms with Gasteiger partial charge in [-0.05, 0) is 56.5 Å². The minimum absolute atomic E-state index is 0.301. The van der Waals surface area contributed by atoms with E-state index < -0.39 is 0 Å². The van der Waals surface area contributed by atoms with Crippen LogP contribution in [-0.4, -0.2) is 72.5 Å². The van der Waals surface area contributed by atoms with E-state index in [1.807, 2.05) is 12.1 Å². The molecule has 2 saturated heterocycles. The zero-order valence-electron chi connectivity index (χ0n) is 17.3. The van der Waals surface area contributed by atoms with Gasteiger partial charge in [-0.15, -0.1) is 0 Å². The van der Waals surface area contributed by atoms with Crippen LogP contribution in [0.25, 0.3) is 0 Å². The van der Waals surface area contributed by atoms with Gasteiger partial charge < -0.3 is 14.6 Å². The van der Waals surface area contributed by atoms with E-state index in [1.165, 1.54) is 50.5 Å². The van der Waals surface area contributed by atoms with E-state index in [9.17, 15) is 5.11 Å². The van der Waals surface area contributed by atoms with Gasteiger partial charge in [0.05, 0.1) is 19.3 Å². The molecule has 1 N–H and O–H groups in total. The summed E-state index contributed by atoms with van der Waals surface area (Å²) in [6.07, 6.45) is 9.59. The summed E-state index contributed by atoms with van der Waals surface area (Å²) in [6.45, 7) is 5.83. The molecule has 0 bridgehead atoms. The van der Waals surface area contributed by atoms with Crippen molar-refractivity contribution in [3.8, 4) is 5.75 Å². The number of piperidine rings is 1. The van der Waals surface area contributed by atoms with Gasteiger partial charge in [-0.2, -0.15) is 0 Å². The molecule has 4 rings (SSSR count). The van der Waals surface area contributed by atoms with Gasteiger partial charge in [0, 0.05) is 31.8 Å². The van der Waals surface area contributed by atoms with Crippen LogP contribution in [0.4, 0.5) is 0 Å². The van der Waals surface area contributed by atoms with E-state index in [0.717, 1.165) is 32.8 Å². The molecule has 2 aliphatic heterocycles. The summed E-state index contributed by atoms with van der Waals surface area (Å²) >= 11 is 0. The normalized spacial score (nSPS) is 26.4. The molecule has 2 heterocycles. The number of phenols is 1. The van der Waals surface area contributed by atoms with Crippen molar-refractivity contribution in [3.63, 3.8) is 0 Å². The van der Waals surface area contributed by atoms with Gasteiger partial charge >= 0.3 is 0 Å². The molecule has 0 radical (unpaired) electrons. The van der Waals surface area contributed by atoms with Crippen LogP contribution in [0, 0.1) is 0 Å². The number of phenolic OH excluding ortho intramolecular Hbond substituents is 1. The molecule has 1 aliphatic carbocycles. The first kappa shape index (κ1) is 20.1. The van der Waals surface area contributed by atoms with E-state index in [2.05, 4.69) is 9.80 Å². The molecule has 5 heteroatoms. The third-order valence-corrected chi connectivity index (χ3v) is 7.20. The highest BCUT2D eigenvalue weighted by Crippen LogP contribution is 2.47. The fraction of sp³-hybridized carbons (Fsp3) is 0.739. The first-order valence-corrected chi connectivity index (χ1v) is 11.1. The molecule has 156 valence electrons. The summed E-state index contributed by atoms with van der Waals surface area (Å²) in [4.78, 5) is 5.38. The van der Waals surface area contributed by atoms with Gasteiger partial charge in [-0.3, -0.25) is 9.80 Å². The molecule has 1 saturated carbocycles. The maximum absolute atomic E-state index is 9.47. The number of benzene rings is 1. The van der Waals surface area contributed by atoms with Crippen LogP contribution < -0.4 is 0 Å². The first-order chi connectivity index (χ1) is 13.7. The zero-order valence-corrected chi connectivity index (χ0v) is 17.3. The van der Waals surface area contributed by atoms with Crippen molar-refractivity contribution >= 4 is 0 Å². The summed E-state index contributed by atoms with van der Waals surface area (Å²) in [5.74, 6) is 0.347. The Morgan fingerprint density at radius 1 is 1.04 bits per heavy atom. The minimum Gasteiger partial charge on any atom is -0.508 e. The molecular formula is C23H36N2O3. The Labute approximate surface area is 169 Å². The molecule has 1 aromatic carbocycles. The SMILES string of the molecule is COCCOC1CN(C2CCN(Cc3ccc(O)cc3)CC2)C12CCCCC2. The van der Waals surface area contributed by atoms with Crippen molar-refractivity contribution in [2.45, 2.75) is 69.2 Å². The van der Waals surface area contributed by atoms with Crippen molar-refractivity contribution in [2.75, 3.05) is 40.0 Å². The summed E-state index contributed by atoms with van der Waals surface area (Å²) in [5.41, 5.74) is 1.59. The smallest absolute Gasteiger partial charge is 0.115 e. The van der Waals surface area contributed by atoms with E-state index in [0.29, 0.717) is 30.0 Å². The predicted molar refractivity (Wildman–Crippen MR) is 111 cm³/mol. The molecule has 3 aliphatic rings. The molecule has 0 amide bonds. The summed E-state index contributed by atoms with van der Waals surface area (Å²) in [6, 6.07) is 8.36. The fourth-order valence-electron chi connectivity index (χ4n) is 5.62. The number of hydrogen-bond acceptors (Lipinski definition) is 5. The standard InChI is InChI=1S/C23H36N2O3/c1-27-15-16-28-22-18-25(23(22)11-3-2-4-12-23)20-9-13-24(14-10-20)17-19-5-7-21(26)8-6-19/h5-8,20,22,26H,2-4,9-18H2,1H3. The molecule has 28 heavy (non-hydrogen) atoms. The lowest BCUT2D eigenvalue weighted by Crippen LogP contribution is -2.75. The van der Waals surface area contributed by atoms with Crippen LogP contribution in [0.15, 0.2) is 24.3 Å². The maximum Gasteiger partial charge on any atom is 0.115 e. The molecule has 0 aromatic heterocycles. The molecular weight excluding hydrogens is 352 g/mol. The van der Waals surface area contributed by atoms with Crippen molar-refractivity contribution < 1.29 is 14.6 Å². The van der Waals surface area contributed by atoms with Crippen LogP contribution in [-0.2, 0) is 16.0 Å². The third kappa shape index (κ3) is 4.23. The van der Waals surface area contributed by atoms with Crippen molar-refractivity contribution in [1.29, 1.82) is 0 Å². The second-order valence-electron chi connectivity index (χ2n) is 8.84. The first-order valence-electron chi connectivity index (χ1n) is 11.1. The summed E-state index contributed by atoms with van der Waals surface area (Å²) < 4.78 is 11.4. The Morgan fingerprint density at radius 3 is 2.43 bits per heavy atom. The second-order valence-corrected chi connectivity index (χ2v) is 8.84. The molecule has 1 aromatic rings. The number of methoxy groups -OCH3 is 1. The monoisotopic (exact) mass is 388 g/mol. The van der Waals surface area contributed by atoms with E-state index >= 15 is 0 Å². The average molecular weight is 389 g/mol. The van der Waals surface area contributed by atoms with Crippen LogP contribution in [0.3, 0.4) is 0 Å². The van der Waals surface area contributed by atoms with Crippen molar-refractivity contribution in [2.24, 2.45) is 0 Å². The third-order valence-electron chi connectivity index (χ3n) is 7.20. The van der Waals surface area contributed by atoms with Gasteiger partial charge in [-0.1, -0.05) is 31.4 Å². The van der Waals surface area contributed by atoms with Gasteiger partial charge in [0.2, 0.25) is 0 Å². The highest BCUT2D eigenvalue weighted by molar-refractivity contribution is 5.25. The molecule has 1 atom stereocenters. The van der Waals surface area contributed by atoms with Gasteiger partial charge in [0.1, 0.15) is 5.75 Å². The number of hydrogen-bond donors (Lipinski definition) is 1. The Bertz CT molecular complexity index is 607. The zero-order chi connectivity index (χ0) is 19.4. The summed E-state index contributed by atoms with van der Waals surface area (Å²) in [5, 5.41) is 9.47. The van der Waals surface area contributed by atoms with Crippen LogP contribution in [0.1, 0.15) is 50.5 Å². The molecule has 3 fully saturated rings. The van der Waals surface area contributed by atoms with E-state index in [4.69, 9.17) is 9.47 Å². The lowest BCUT2D eigenvalue weighted by atomic mass is 9.69.